The summed E-state index contributed by atoms with van der Waals surface area (Å²) < 4.78 is 0. The zero-order valence-corrected chi connectivity index (χ0v) is 10.6. The number of nitrogen functional groups attached to an aromatic ring is 1. The molecule has 0 aliphatic heterocycles. The predicted molar refractivity (Wildman–Crippen MR) is 73.2 cm³/mol. The Labute approximate surface area is 107 Å². The number of aryl methyl sites for hydroxylation is 1. The Balaban J connectivity index is 2.10. The smallest absolute Gasteiger partial charge is 0.162 e. The molecule has 0 atom stereocenters. The molecule has 3 heteroatoms. The zero-order chi connectivity index (χ0) is 12.5. The number of benzene rings is 1. The highest BCUT2D eigenvalue weighted by Gasteiger charge is 2.26. The molecular formula is C15H17N3. The standard InChI is InChI=1S/C15H17N3/c1-2-10-5-3-4-6-12(10)15-17-13(11-7-8-11)9-14(16)18-15/h3-6,9,11H,2,7-8H2,1H3,(H2,16,17,18). The molecule has 1 heterocycles. The van der Waals surface area contributed by atoms with E-state index in [4.69, 9.17) is 5.73 Å². The number of anilines is 1. The van der Waals surface area contributed by atoms with Crippen molar-refractivity contribution in [3.63, 3.8) is 0 Å². The average molecular weight is 239 g/mol. The first kappa shape index (κ1) is 11.2. The average Bonchev–Trinajstić information content (AvgIpc) is 3.22. The van der Waals surface area contributed by atoms with Gasteiger partial charge in [-0.3, -0.25) is 0 Å². The molecule has 2 N–H and O–H groups in total. The Morgan fingerprint density at radius 2 is 2.00 bits per heavy atom. The van der Waals surface area contributed by atoms with Crippen LogP contribution in [-0.4, -0.2) is 9.97 Å². The van der Waals surface area contributed by atoms with Gasteiger partial charge in [-0.2, -0.15) is 0 Å². The van der Waals surface area contributed by atoms with E-state index in [1.54, 1.807) is 0 Å². The first-order chi connectivity index (χ1) is 8.78. The lowest BCUT2D eigenvalue weighted by Crippen LogP contribution is -2.01. The summed E-state index contributed by atoms with van der Waals surface area (Å²) in [6.45, 7) is 2.15. The molecule has 1 aromatic carbocycles. The second-order valence-electron chi connectivity index (χ2n) is 4.83. The molecule has 1 aromatic heterocycles. The van der Waals surface area contributed by atoms with E-state index in [-0.39, 0.29) is 0 Å². The van der Waals surface area contributed by atoms with E-state index in [0.29, 0.717) is 11.7 Å². The third-order valence-electron chi connectivity index (χ3n) is 3.40. The SMILES string of the molecule is CCc1ccccc1-c1nc(N)cc(C2CC2)n1. The summed E-state index contributed by atoms with van der Waals surface area (Å²) in [6.07, 6.45) is 3.43. The second-order valence-corrected chi connectivity index (χ2v) is 4.83. The highest BCUT2D eigenvalue weighted by atomic mass is 15.0. The number of nitrogens with zero attached hydrogens (tertiary/aromatic N) is 2. The molecule has 0 radical (unpaired) electrons. The Hall–Kier alpha value is -1.90. The van der Waals surface area contributed by atoms with Gasteiger partial charge in [-0.15, -0.1) is 0 Å². The maximum Gasteiger partial charge on any atom is 0.162 e. The van der Waals surface area contributed by atoms with Crippen molar-refractivity contribution in [3.8, 4) is 11.4 Å². The highest BCUT2D eigenvalue weighted by molar-refractivity contribution is 5.61. The summed E-state index contributed by atoms with van der Waals surface area (Å²) >= 11 is 0. The molecule has 1 fully saturated rings. The van der Waals surface area contributed by atoms with E-state index >= 15 is 0 Å². The Bertz CT molecular complexity index is 574. The molecule has 0 amide bonds. The normalized spacial score (nSPS) is 14.7. The summed E-state index contributed by atoms with van der Waals surface area (Å²) in [5.41, 5.74) is 9.38. The number of aromatic nitrogens is 2. The molecule has 1 aliphatic rings. The maximum absolute atomic E-state index is 5.90. The van der Waals surface area contributed by atoms with Gasteiger partial charge in [0.15, 0.2) is 5.82 Å². The minimum absolute atomic E-state index is 0.577. The van der Waals surface area contributed by atoms with E-state index in [9.17, 15) is 0 Å². The largest absolute Gasteiger partial charge is 0.384 e. The summed E-state index contributed by atoms with van der Waals surface area (Å²) in [5, 5.41) is 0. The number of nitrogens with two attached hydrogens (primary N) is 1. The van der Waals surface area contributed by atoms with Crippen molar-refractivity contribution in [1.29, 1.82) is 0 Å². The van der Waals surface area contributed by atoms with Gasteiger partial charge < -0.3 is 5.73 Å². The highest BCUT2D eigenvalue weighted by Crippen LogP contribution is 2.40. The van der Waals surface area contributed by atoms with Gasteiger partial charge in [0, 0.05) is 23.2 Å². The van der Waals surface area contributed by atoms with Crippen LogP contribution in [0.5, 0.6) is 0 Å². The lowest BCUT2D eigenvalue weighted by Gasteiger charge is -2.08. The fourth-order valence-electron chi connectivity index (χ4n) is 2.24. The van der Waals surface area contributed by atoms with Gasteiger partial charge in [-0.05, 0) is 24.8 Å². The van der Waals surface area contributed by atoms with Crippen LogP contribution in [0.1, 0.15) is 36.9 Å². The Kier molecular flexibility index (Phi) is 2.74. The van der Waals surface area contributed by atoms with Crippen molar-refractivity contribution < 1.29 is 0 Å². The molecule has 18 heavy (non-hydrogen) atoms. The van der Waals surface area contributed by atoms with E-state index in [2.05, 4.69) is 35.1 Å². The minimum atomic E-state index is 0.577. The minimum Gasteiger partial charge on any atom is -0.384 e. The quantitative estimate of drug-likeness (QED) is 0.895. The van der Waals surface area contributed by atoms with Crippen LogP contribution < -0.4 is 5.73 Å². The fourth-order valence-corrected chi connectivity index (χ4v) is 2.24. The second kappa shape index (κ2) is 4.41. The molecule has 1 aliphatic carbocycles. The van der Waals surface area contributed by atoms with Crippen molar-refractivity contribution in [1.82, 2.24) is 9.97 Å². The molecule has 0 unspecified atom stereocenters. The van der Waals surface area contributed by atoms with E-state index in [0.717, 1.165) is 23.5 Å². The van der Waals surface area contributed by atoms with Crippen molar-refractivity contribution in [2.75, 3.05) is 5.73 Å². The van der Waals surface area contributed by atoms with E-state index in [1.807, 2.05) is 12.1 Å². The van der Waals surface area contributed by atoms with Crippen molar-refractivity contribution >= 4 is 5.82 Å². The molecule has 3 nitrogen and oxygen atoms in total. The van der Waals surface area contributed by atoms with Gasteiger partial charge >= 0.3 is 0 Å². The molecule has 1 saturated carbocycles. The number of hydrogen-bond donors (Lipinski definition) is 1. The van der Waals surface area contributed by atoms with Crippen LogP contribution in [0.4, 0.5) is 5.82 Å². The van der Waals surface area contributed by atoms with Crippen LogP contribution in [0.15, 0.2) is 30.3 Å². The monoisotopic (exact) mass is 239 g/mol. The van der Waals surface area contributed by atoms with Gasteiger partial charge in [-0.1, -0.05) is 31.2 Å². The number of rotatable bonds is 3. The molecule has 0 bridgehead atoms. The van der Waals surface area contributed by atoms with Gasteiger partial charge in [0.1, 0.15) is 5.82 Å². The third-order valence-corrected chi connectivity index (χ3v) is 3.40. The van der Waals surface area contributed by atoms with Crippen LogP contribution >= 0.6 is 0 Å². The van der Waals surface area contributed by atoms with Crippen LogP contribution in [0.25, 0.3) is 11.4 Å². The maximum atomic E-state index is 5.90. The van der Waals surface area contributed by atoms with Crippen molar-refractivity contribution in [3.05, 3.63) is 41.6 Å². The van der Waals surface area contributed by atoms with Crippen LogP contribution in [0, 0.1) is 0 Å². The molecule has 0 saturated heterocycles. The summed E-state index contributed by atoms with van der Waals surface area (Å²) in [7, 11) is 0. The lowest BCUT2D eigenvalue weighted by molar-refractivity contribution is 0.993. The van der Waals surface area contributed by atoms with Gasteiger partial charge in [0.05, 0.1) is 0 Å². The first-order valence-corrected chi connectivity index (χ1v) is 6.50. The lowest BCUT2D eigenvalue weighted by atomic mass is 10.0. The summed E-state index contributed by atoms with van der Waals surface area (Å²) in [6, 6.07) is 10.2. The van der Waals surface area contributed by atoms with E-state index in [1.165, 1.54) is 18.4 Å². The summed E-state index contributed by atoms with van der Waals surface area (Å²) in [5.74, 6) is 1.95. The Morgan fingerprint density at radius 3 is 2.72 bits per heavy atom. The topological polar surface area (TPSA) is 51.8 Å². The van der Waals surface area contributed by atoms with Crippen molar-refractivity contribution in [2.24, 2.45) is 0 Å². The number of hydrogen-bond acceptors (Lipinski definition) is 3. The molecule has 0 spiro atoms. The Morgan fingerprint density at radius 1 is 1.22 bits per heavy atom. The van der Waals surface area contributed by atoms with Gasteiger partial charge in [0.2, 0.25) is 0 Å². The third kappa shape index (κ3) is 2.08. The molecule has 3 rings (SSSR count). The van der Waals surface area contributed by atoms with Gasteiger partial charge in [0.25, 0.3) is 0 Å². The van der Waals surface area contributed by atoms with Gasteiger partial charge in [-0.25, -0.2) is 9.97 Å². The molecular weight excluding hydrogens is 222 g/mol. The van der Waals surface area contributed by atoms with Crippen molar-refractivity contribution in [2.45, 2.75) is 32.1 Å². The first-order valence-electron chi connectivity index (χ1n) is 6.50. The van der Waals surface area contributed by atoms with E-state index < -0.39 is 0 Å². The summed E-state index contributed by atoms with van der Waals surface area (Å²) in [4.78, 5) is 9.07. The zero-order valence-electron chi connectivity index (χ0n) is 10.6. The fraction of sp³-hybridized carbons (Fsp3) is 0.333. The van der Waals surface area contributed by atoms with Crippen LogP contribution in [0.3, 0.4) is 0 Å². The predicted octanol–water partition coefficient (Wildman–Crippen LogP) is 3.17. The molecule has 92 valence electrons. The van der Waals surface area contributed by atoms with Crippen LogP contribution in [0.2, 0.25) is 0 Å². The van der Waals surface area contributed by atoms with Crippen LogP contribution in [-0.2, 0) is 6.42 Å². The molecule has 2 aromatic rings.